The maximum Gasteiger partial charge on any atom is 0.416 e. The largest absolute Gasteiger partial charge is 0.416 e. The van der Waals surface area contributed by atoms with Gasteiger partial charge >= 0.3 is 12.1 Å². The maximum absolute atomic E-state index is 13.0. The van der Waals surface area contributed by atoms with Gasteiger partial charge in [0.05, 0.1) is 20.5 Å². The first-order valence-electron chi connectivity index (χ1n) is 8.05. The van der Waals surface area contributed by atoms with Crippen LogP contribution < -0.4 is 11.1 Å². The summed E-state index contributed by atoms with van der Waals surface area (Å²) in [5.41, 5.74) is 4.66. The van der Waals surface area contributed by atoms with Crippen molar-refractivity contribution in [3.05, 3.63) is 33.4 Å². The predicted molar refractivity (Wildman–Crippen MR) is 107 cm³/mol. The summed E-state index contributed by atoms with van der Waals surface area (Å²) in [4.78, 5) is 27.0. The SMILES string of the molecule is CCSc1c(C(N)=NOC(C)=O)nn(-c2c(Cl)cc(C(F)(F)F)cc2Cl)c1NC=O. The summed E-state index contributed by atoms with van der Waals surface area (Å²) in [7, 11) is 0. The van der Waals surface area contributed by atoms with E-state index in [1.165, 1.54) is 11.8 Å². The molecule has 0 aliphatic carbocycles. The monoisotopic (exact) mass is 483 g/mol. The van der Waals surface area contributed by atoms with Crippen molar-refractivity contribution in [3.63, 3.8) is 0 Å². The molecule has 2 aromatic rings. The number of halogens is 5. The third-order valence-corrected chi connectivity index (χ3v) is 4.94. The summed E-state index contributed by atoms with van der Waals surface area (Å²) in [5, 5.41) is 9.31. The zero-order valence-electron chi connectivity index (χ0n) is 15.4. The number of nitrogens with one attached hydrogen (secondary N) is 1. The number of carbonyl (C=O) groups excluding carboxylic acids is 2. The number of carbonyl (C=O) groups is 2. The number of hydrogen-bond donors (Lipinski definition) is 2. The Morgan fingerprint density at radius 3 is 2.47 bits per heavy atom. The van der Waals surface area contributed by atoms with Crippen LogP contribution in [0.25, 0.3) is 5.69 Å². The molecular formula is C16H14Cl2F3N5O3S. The number of rotatable bonds is 7. The standard InChI is InChI=1S/C16H14Cl2F3N5O3S/c1-3-30-13-11(14(22)25-29-7(2)28)24-26(15(13)23-6-27)12-9(17)4-8(5-10(12)18)16(19,20)21/h4-6H,3H2,1-2H3,(H2,22,25)(H,23,27). The van der Waals surface area contributed by atoms with Crippen molar-refractivity contribution in [3.8, 4) is 5.69 Å². The zero-order chi connectivity index (χ0) is 22.6. The molecule has 1 aromatic carbocycles. The van der Waals surface area contributed by atoms with E-state index in [0.717, 1.165) is 11.6 Å². The van der Waals surface area contributed by atoms with E-state index >= 15 is 0 Å². The van der Waals surface area contributed by atoms with Gasteiger partial charge in [-0.1, -0.05) is 35.3 Å². The molecule has 0 spiro atoms. The minimum absolute atomic E-state index is 0.000480. The Hall–Kier alpha value is -2.44. The molecule has 8 nitrogen and oxygen atoms in total. The van der Waals surface area contributed by atoms with Gasteiger partial charge in [-0.05, 0) is 17.9 Å². The smallest absolute Gasteiger partial charge is 0.379 e. The highest BCUT2D eigenvalue weighted by Gasteiger charge is 2.33. The van der Waals surface area contributed by atoms with Crippen LogP contribution in [-0.2, 0) is 20.6 Å². The molecule has 2 rings (SSSR count). The number of benzene rings is 1. The summed E-state index contributed by atoms with van der Waals surface area (Å²) in [6.45, 7) is 2.91. The van der Waals surface area contributed by atoms with Gasteiger partial charge < -0.3 is 15.9 Å². The van der Waals surface area contributed by atoms with E-state index < -0.39 is 17.7 Å². The number of aromatic nitrogens is 2. The molecule has 14 heteroatoms. The van der Waals surface area contributed by atoms with E-state index in [2.05, 4.69) is 20.4 Å². The molecule has 1 amide bonds. The Balaban J connectivity index is 2.77. The Morgan fingerprint density at radius 1 is 1.40 bits per heavy atom. The van der Waals surface area contributed by atoms with Crippen LogP contribution in [0.3, 0.4) is 0 Å². The van der Waals surface area contributed by atoms with Crippen molar-refractivity contribution in [2.75, 3.05) is 11.1 Å². The first-order valence-corrected chi connectivity index (χ1v) is 9.79. The minimum atomic E-state index is -4.67. The molecule has 0 fully saturated rings. The topological polar surface area (TPSA) is 112 Å². The van der Waals surface area contributed by atoms with Crippen LogP contribution in [0.15, 0.2) is 22.2 Å². The Bertz CT molecular complexity index is 988. The van der Waals surface area contributed by atoms with Crippen LogP contribution in [0.1, 0.15) is 25.1 Å². The van der Waals surface area contributed by atoms with Crippen LogP contribution in [0.4, 0.5) is 19.0 Å². The maximum atomic E-state index is 13.0. The number of anilines is 1. The van der Waals surface area contributed by atoms with E-state index in [1.807, 2.05) is 0 Å². The number of oxime groups is 1. The summed E-state index contributed by atoms with van der Waals surface area (Å²) >= 11 is 13.3. The van der Waals surface area contributed by atoms with Crippen molar-refractivity contribution in [1.29, 1.82) is 0 Å². The van der Waals surface area contributed by atoms with Crippen LogP contribution in [-0.4, -0.2) is 33.7 Å². The number of alkyl halides is 3. The molecule has 0 atom stereocenters. The fourth-order valence-electron chi connectivity index (χ4n) is 2.28. The Kier molecular flexibility index (Phi) is 7.61. The summed E-state index contributed by atoms with van der Waals surface area (Å²) < 4.78 is 40.1. The number of amidine groups is 1. The molecular weight excluding hydrogens is 470 g/mol. The third-order valence-electron chi connectivity index (χ3n) is 3.40. The third kappa shape index (κ3) is 5.18. The molecule has 3 N–H and O–H groups in total. The molecule has 0 unspecified atom stereocenters. The van der Waals surface area contributed by atoms with Crippen molar-refractivity contribution in [1.82, 2.24) is 9.78 Å². The normalized spacial score (nSPS) is 12.0. The van der Waals surface area contributed by atoms with Gasteiger partial charge in [0.25, 0.3) is 0 Å². The summed E-state index contributed by atoms with van der Waals surface area (Å²) in [5.74, 6) is -0.506. The number of hydrogen-bond acceptors (Lipinski definition) is 6. The van der Waals surface area contributed by atoms with Crippen LogP contribution in [0.5, 0.6) is 0 Å². The summed E-state index contributed by atoms with van der Waals surface area (Å²) in [6, 6.07) is 1.36. The molecule has 1 aromatic heterocycles. The van der Waals surface area contributed by atoms with Gasteiger partial charge in [-0.3, -0.25) is 4.79 Å². The predicted octanol–water partition coefficient (Wildman–Crippen LogP) is 4.06. The second-order valence-corrected chi connectivity index (χ2v) is 7.57. The molecule has 0 aliphatic rings. The lowest BCUT2D eigenvalue weighted by atomic mass is 10.2. The number of nitrogens with two attached hydrogens (primary N) is 1. The first kappa shape index (κ1) is 23.8. The fourth-order valence-corrected chi connectivity index (χ4v) is 3.78. The van der Waals surface area contributed by atoms with E-state index in [-0.39, 0.29) is 33.1 Å². The van der Waals surface area contributed by atoms with Gasteiger partial charge in [0.15, 0.2) is 11.7 Å². The molecule has 1 heterocycles. The Labute approximate surface area is 182 Å². The van der Waals surface area contributed by atoms with E-state index in [0.29, 0.717) is 29.2 Å². The number of nitrogens with zero attached hydrogens (tertiary/aromatic N) is 3. The van der Waals surface area contributed by atoms with Gasteiger partial charge in [-0.25, -0.2) is 9.48 Å². The molecule has 0 aliphatic heterocycles. The lowest BCUT2D eigenvalue weighted by molar-refractivity contribution is -0.141. The van der Waals surface area contributed by atoms with Crippen molar-refractivity contribution < 1.29 is 27.6 Å². The van der Waals surface area contributed by atoms with Gasteiger partial charge in [-0.2, -0.15) is 18.3 Å². The molecule has 162 valence electrons. The van der Waals surface area contributed by atoms with Gasteiger partial charge in [0, 0.05) is 6.92 Å². The average Bonchev–Trinajstić information content (AvgIpc) is 2.97. The average molecular weight is 484 g/mol. The molecule has 0 saturated heterocycles. The van der Waals surface area contributed by atoms with E-state index in [4.69, 9.17) is 28.9 Å². The summed E-state index contributed by atoms with van der Waals surface area (Å²) in [6.07, 6.45) is -4.34. The molecule has 0 bridgehead atoms. The number of thioether (sulfide) groups is 1. The van der Waals surface area contributed by atoms with Crippen LogP contribution >= 0.6 is 35.0 Å². The van der Waals surface area contributed by atoms with Crippen molar-refractivity contribution in [2.45, 2.75) is 24.9 Å². The van der Waals surface area contributed by atoms with Crippen LogP contribution in [0, 0.1) is 0 Å². The van der Waals surface area contributed by atoms with Crippen LogP contribution in [0.2, 0.25) is 10.0 Å². The highest BCUT2D eigenvalue weighted by atomic mass is 35.5. The van der Waals surface area contributed by atoms with Gasteiger partial charge in [0.1, 0.15) is 11.4 Å². The molecule has 30 heavy (non-hydrogen) atoms. The highest BCUT2D eigenvalue weighted by molar-refractivity contribution is 7.99. The quantitative estimate of drug-likeness (QED) is 0.153. The molecule has 0 radical (unpaired) electrons. The highest BCUT2D eigenvalue weighted by Crippen LogP contribution is 2.40. The minimum Gasteiger partial charge on any atom is -0.379 e. The number of amides is 1. The lowest BCUT2D eigenvalue weighted by Crippen LogP contribution is -2.17. The second-order valence-electron chi connectivity index (χ2n) is 5.48. The van der Waals surface area contributed by atoms with E-state index in [9.17, 15) is 22.8 Å². The first-order chi connectivity index (χ1) is 14.0. The van der Waals surface area contributed by atoms with Gasteiger partial charge in [0.2, 0.25) is 6.41 Å². The second kappa shape index (κ2) is 9.58. The van der Waals surface area contributed by atoms with Gasteiger partial charge in [-0.15, -0.1) is 11.8 Å². The fraction of sp³-hybridized carbons (Fsp3) is 0.250. The van der Waals surface area contributed by atoms with E-state index in [1.54, 1.807) is 6.92 Å². The lowest BCUT2D eigenvalue weighted by Gasteiger charge is -2.14. The molecule has 0 saturated carbocycles. The zero-order valence-corrected chi connectivity index (χ0v) is 17.7. The van der Waals surface area contributed by atoms with Crippen molar-refractivity contribution >= 4 is 59.0 Å². The van der Waals surface area contributed by atoms with Crippen molar-refractivity contribution in [2.24, 2.45) is 10.9 Å². The Morgan fingerprint density at radius 2 is 2.00 bits per heavy atom.